The number of carbonyl (C=O) groups excluding carboxylic acids is 1. The summed E-state index contributed by atoms with van der Waals surface area (Å²) in [7, 11) is 2.03. The molecule has 1 N–H and O–H groups in total. The predicted octanol–water partition coefficient (Wildman–Crippen LogP) is 3.09. The standard InChI is InChI=1S/C16H30N2O/c1-3-4-12-18(14-8-9-14)15(19)13-16(17-2)10-6-5-7-11-16/h14,17H,3-13H2,1-2H3. The maximum absolute atomic E-state index is 12.6. The highest BCUT2D eigenvalue weighted by atomic mass is 16.2. The van der Waals surface area contributed by atoms with E-state index in [9.17, 15) is 4.79 Å². The maximum atomic E-state index is 12.6. The lowest BCUT2D eigenvalue weighted by atomic mass is 9.79. The second-order valence-electron chi connectivity index (χ2n) is 6.44. The van der Waals surface area contributed by atoms with Crippen molar-refractivity contribution in [2.75, 3.05) is 13.6 Å². The summed E-state index contributed by atoms with van der Waals surface area (Å²) >= 11 is 0. The van der Waals surface area contributed by atoms with Crippen molar-refractivity contribution < 1.29 is 4.79 Å². The number of unbranched alkanes of at least 4 members (excludes halogenated alkanes) is 1. The van der Waals surface area contributed by atoms with Gasteiger partial charge in [-0.2, -0.15) is 0 Å². The molecule has 0 heterocycles. The SMILES string of the molecule is CCCCN(C(=O)CC1(NC)CCCCC1)C1CC1. The fraction of sp³-hybridized carbons (Fsp3) is 0.938. The van der Waals surface area contributed by atoms with Crippen LogP contribution in [-0.2, 0) is 4.79 Å². The molecule has 0 aromatic carbocycles. The molecular weight excluding hydrogens is 236 g/mol. The van der Waals surface area contributed by atoms with E-state index in [4.69, 9.17) is 0 Å². The van der Waals surface area contributed by atoms with E-state index in [1.807, 2.05) is 7.05 Å². The summed E-state index contributed by atoms with van der Waals surface area (Å²) in [5.74, 6) is 0.396. The average Bonchev–Trinajstić information content (AvgIpc) is 3.25. The molecule has 110 valence electrons. The van der Waals surface area contributed by atoms with E-state index in [1.54, 1.807) is 0 Å². The fourth-order valence-corrected chi connectivity index (χ4v) is 3.36. The Balaban J connectivity index is 1.92. The molecule has 19 heavy (non-hydrogen) atoms. The van der Waals surface area contributed by atoms with Crippen molar-refractivity contribution in [1.82, 2.24) is 10.2 Å². The van der Waals surface area contributed by atoms with Gasteiger partial charge in [0.05, 0.1) is 0 Å². The molecule has 0 aliphatic heterocycles. The van der Waals surface area contributed by atoms with E-state index in [1.165, 1.54) is 51.4 Å². The normalized spacial score (nSPS) is 22.2. The average molecular weight is 266 g/mol. The molecule has 2 saturated carbocycles. The largest absolute Gasteiger partial charge is 0.340 e. The molecular formula is C16H30N2O. The van der Waals surface area contributed by atoms with E-state index in [0.717, 1.165) is 13.0 Å². The van der Waals surface area contributed by atoms with Gasteiger partial charge in [0.2, 0.25) is 5.91 Å². The minimum Gasteiger partial charge on any atom is -0.340 e. The van der Waals surface area contributed by atoms with Crippen LogP contribution in [0.25, 0.3) is 0 Å². The molecule has 0 radical (unpaired) electrons. The molecule has 3 heteroatoms. The van der Waals surface area contributed by atoms with Crippen molar-refractivity contribution in [2.45, 2.75) is 82.7 Å². The zero-order chi connectivity index (χ0) is 13.7. The third kappa shape index (κ3) is 3.95. The minimum atomic E-state index is 0.0920. The van der Waals surface area contributed by atoms with Gasteiger partial charge in [-0.3, -0.25) is 4.79 Å². The van der Waals surface area contributed by atoms with Crippen molar-refractivity contribution in [3.63, 3.8) is 0 Å². The monoisotopic (exact) mass is 266 g/mol. The second-order valence-corrected chi connectivity index (χ2v) is 6.44. The van der Waals surface area contributed by atoms with Gasteiger partial charge < -0.3 is 10.2 Å². The molecule has 3 nitrogen and oxygen atoms in total. The first kappa shape index (κ1) is 14.8. The lowest BCUT2D eigenvalue weighted by Gasteiger charge is -2.38. The molecule has 0 unspecified atom stereocenters. The number of nitrogens with one attached hydrogen (secondary N) is 1. The van der Waals surface area contributed by atoms with Crippen molar-refractivity contribution in [3.05, 3.63) is 0 Å². The Labute approximate surface area is 118 Å². The zero-order valence-electron chi connectivity index (χ0n) is 12.7. The third-order valence-electron chi connectivity index (χ3n) is 4.89. The van der Waals surface area contributed by atoms with Crippen LogP contribution in [0.3, 0.4) is 0 Å². The minimum absolute atomic E-state index is 0.0920. The van der Waals surface area contributed by atoms with Gasteiger partial charge in [-0.25, -0.2) is 0 Å². The molecule has 2 aliphatic carbocycles. The van der Waals surface area contributed by atoms with Gasteiger partial charge in [0, 0.05) is 24.5 Å². The summed E-state index contributed by atoms with van der Waals surface area (Å²) in [6.07, 6.45) is 11.7. The fourth-order valence-electron chi connectivity index (χ4n) is 3.36. The van der Waals surface area contributed by atoms with Crippen LogP contribution < -0.4 is 5.32 Å². The van der Waals surface area contributed by atoms with Crippen LogP contribution in [0, 0.1) is 0 Å². The van der Waals surface area contributed by atoms with Gasteiger partial charge in [0.15, 0.2) is 0 Å². The van der Waals surface area contributed by atoms with Crippen LogP contribution in [0.5, 0.6) is 0 Å². The van der Waals surface area contributed by atoms with E-state index in [0.29, 0.717) is 18.4 Å². The van der Waals surface area contributed by atoms with Crippen LogP contribution in [0.2, 0.25) is 0 Å². The molecule has 2 aliphatic rings. The van der Waals surface area contributed by atoms with E-state index < -0.39 is 0 Å². The first-order chi connectivity index (χ1) is 9.21. The summed E-state index contributed by atoms with van der Waals surface area (Å²) in [5.41, 5.74) is 0.0920. The molecule has 2 rings (SSSR count). The Morgan fingerprint density at radius 1 is 1.26 bits per heavy atom. The van der Waals surface area contributed by atoms with Crippen molar-refractivity contribution in [3.8, 4) is 0 Å². The van der Waals surface area contributed by atoms with Gasteiger partial charge in [-0.05, 0) is 39.2 Å². The first-order valence-electron chi connectivity index (χ1n) is 8.19. The van der Waals surface area contributed by atoms with Gasteiger partial charge >= 0.3 is 0 Å². The lowest BCUT2D eigenvalue weighted by molar-refractivity contribution is -0.133. The van der Waals surface area contributed by atoms with E-state index in [-0.39, 0.29) is 5.54 Å². The van der Waals surface area contributed by atoms with Gasteiger partial charge in [0.25, 0.3) is 0 Å². The zero-order valence-corrected chi connectivity index (χ0v) is 12.7. The van der Waals surface area contributed by atoms with Crippen LogP contribution in [0.15, 0.2) is 0 Å². The molecule has 1 amide bonds. The van der Waals surface area contributed by atoms with Gasteiger partial charge in [-0.15, -0.1) is 0 Å². The number of rotatable bonds is 7. The highest BCUT2D eigenvalue weighted by Gasteiger charge is 2.38. The van der Waals surface area contributed by atoms with Gasteiger partial charge in [0.1, 0.15) is 0 Å². The molecule has 0 saturated heterocycles. The summed E-state index contributed by atoms with van der Waals surface area (Å²) in [4.78, 5) is 14.8. The van der Waals surface area contributed by atoms with Crippen LogP contribution >= 0.6 is 0 Å². The van der Waals surface area contributed by atoms with E-state index in [2.05, 4.69) is 17.1 Å². The Kier molecular flexibility index (Phi) is 5.26. The number of nitrogens with zero attached hydrogens (tertiary/aromatic N) is 1. The van der Waals surface area contributed by atoms with Crippen molar-refractivity contribution >= 4 is 5.91 Å². The summed E-state index contributed by atoms with van der Waals surface area (Å²) in [6, 6.07) is 0.566. The van der Waals surface area contributed by atoms with Crippen molar-refractivity contribution in [2.24, 2.45) is 0 Å². The van der Waals surface area contributed by atoms with Crippen molar-refractivity contribution in [1.29, 1.82) is 0 Å². The van der Waals surface area contributed by atoms with E-state index >= 15 is 0 Å². The number of hydrogen-bond donors (Lipinski definition) is 1. The highest BCUT2D eigenvalue weighted by molar-refractivity contribution is 5.78. The first-order valence-corrected chi connectivity index (χ1v) is 8.19. The summed E-state index contributed by atoms with van der Waals surface area (Å²) in [6.45, 7) is 3.17. The highest BCUT2D eigenvalue weighted by Crippen LogP contribution is 2.34. The van der Waals surface area contributed by atoms with Crippen LogP contribution in [0.4, 0.5) is 0 Å². The Bertz CT molecular complexity index is 293. The molecule has 2 fully saturated rings. The summed E-state index contributed by atoms with van der Waals surface area (Å²) in [5, 5.41) is 3.47. The Morgan fingerprint density at radius 3 is 2.47 bits per heavy atom. The molecule has 0 spiro atoms. The third-order valence-corrected chi connectivity index (χ3v) is 4.89. The topological polar surface area (TPSA) is 32.3 Å². The number of carbonyl (C=O) groups is 1. The lowest BCUT2D eigenvalue weighted by Crippen LogP contribution is -2.49. The Hall–Kier alpha value is -0.570. The summed E-state index contributed by atoms with van der Waals surface area (Å²) < 4.78 is 0. The van der Waals surface area contributed by atoms with Crippen LogP contribution in [0.1, 0.15) is 71.1 Å². The number of amides is 1. The Morgan fingerprint density at radius 2 is 1.95 bits per heavy atom. The van der Waals surface area contributed by atoms with Gasteiger partial charge in [-0.1, -0.05) is 32.6 Å². The maximum Gasteiger partial charge on any atom is 0.224 e. The quantitative estimate of drug-likeness (QED) is 0.768. The molecule has 0 atom stereocenters. The second kappa shape index (κ2) is 6.74. The smallest absolute Gasteiger partial charge is 0.224 e. The molecule has 0 aromatic rings. The molecule has 0 aromatic heterocycles. The van der Waals surface area contributed by atoms with Crippen LogP contribution in [-0.4, -0.2) is 36.0 Å². The number of hydrogen-bond acceptors (Lipinski definition) is 2. The molecule has 0 bridgehead atoms. The predicted molar refractivity (Wildman–Crippen MR) is 79.1 cm³/mol.